The standard InChI is InChI=1S/C28H27F3N4O7/c1-16-13-18(20-5-3-4-6-22(20)32-16)15-41-19-9-7-17(8-10-19)24(36)33-23-14-35(27(39)40-2)12-11-21(23)25(37)34-42-26(38)28(29,30)31/h3-10,13,21,23H,11-12,14-15H2,1-2H3,(H,33,36)(H,34,37)/t21-,23+/m0/s1. The van der Waals surface area contributed by atoms with Crippen LogP contribution in [0.4, 0.5) is 18.0 Å². The van der Waals surface area contributed by atoms with Crippen LogP contribution in [0.2, 0.25) is 0 Å². The summed E-state index contributed by atoms with van der Waals surface area (Å²) in [6.07, 6.45) is -6.07. The van der Waals surface area contributed by atoms with Gasteiger partial charge in [0.25, 0.3) is 11.8 Å². The predicted octanol–water partition coefficient (Wildman–Crippen LogP) is 3.45. The SMILES string of the molecule is COC(=O)N1CC[C@H](C(=O)NOC(=O)C(F)(F)F)[C@H](NC(=O)c2ccc(OCc3cc(C)nc4ccccc34)cc2)C1. The molecule has 0 unspecified atom stereocenters. The minimum atomic E-state index is -5.31. The van der Waals surface area contributed by atoms with Gasteiger partial charge in [-0.3, -0.25) is 14.6 Å². The zero-order chi connectivity index (χ0) is 30.4. The number of likely N-dealkylation sites (tertiary alicyclic amines) is 1. The molecule has 1 aromatic heterocycles. The van der Waals surface area contributed by atoms with Crippen LogP contribution in [-0.2, 0) is 25.8 Å². The highest BCUT2D eigenvalue weighted by atomic mass is 19.4. The van der Waals surface area contributed by atoms with E-state index in [9.17, 15) is 32.3 Å². The van der Waals surface area contributed by atoms with Crippen molar-refractivity contribution >= 4 is 34.8 Å². The minimum Gasteiger partial charge on any atom is -0.489 e. The van der Waals surface area contributed by atoms with Crippen LogP contribution in [0.15, 0.2) is 54.6 Å². The molecule has 0 spiro atoms. The van der Waals surface area contributed by atoms with Crippen LogP contribution in [0.25, 0.3) is 10.9 Å². The number of halogens is 3. The molecular formula is C28H27F3N4O7. The lowest BCUT2D eigenvalue weighted by Gasteiger charge is -2.37. The Kier molecular flexibility index (Phi) is 9.13. The van der Waals surface area contributed by atoms with Gasteiger partial charge in [-0.1, -0.05) is 18.2 Å². The molecule has 0 radical (unpaired) electrons. The Balaban J connectivity index is 1.42. The van der Waals surface area contributed by atoms with Gasteiger partial charge in [-0.2, -0.15) is 18.7 Å². The first-order chi connectivity index (χ1) is 20.0. The van der Waals surface area contributed by atoms with Crippen LogP contribution in [0.1, 0.15) is 28.0 Å². The molecule has 0 saturated carbocycles. The lowest BCUT2D eigenvalue weighted by Crippen LogP contribution is -2.57. The number of pyridine rings is 1. The summed E-state index contributed by atoms with van der Waals surface area (Å²) in [5, 5.41) is 3.59. The fourth-order valence-corrected chi connectivity index (χ4v) is 4.57. The van der Waals surface area contributed by atoms with E-state index in [2.05, 4.69) is 15.1 Å². The van der Waals surface area contributed by atoms with Gasteiger partial charge >= 0.3 is 18.2 Å². The average Bonchev–Trinajstić information content (AvgIpc) is 2.97. The third-order valence-corrected chi connectivity index (χ3v) is 6.62. The van der Waals surface area contributed by atoms with E-state index < -0.39 is 42.0 Å². The Labute approximate surface area is 237 Å². The Morgan fingerprint density at radius 3 is 2.48 bits per heavy atom. The Bertz CT molecular complexity index is 1480. The maximum Gasteiger partial charge on any atom is 0.493 e. The van der Waals surface area contributed by atoms with Crippen LogP contribution in [0.3, 0.4) is 0 Å². The van der Waals surface area contributed by atoms with E-state index in [-0.39, 0.29) is 31.7 Å². The number of hydrogen-bond acceptors (Lipinski definition) is 8. The number of hydrogen-bond donors (Lipinski definition) is 2. The van der Waals surface area contributed by atoms with E-state index in [4.69, 9.17) is 9.47 Å². The van der Waals surface area contributed by atoms with Crippen molar-refractivity contribution in [1.29, 1.82) is 0 Å². The lowest BCUT2D eigenvalue weighted by atomic mass is 9.90. The number of nitrogens with one attached hydrogen (secondary N) is 2. The quantitative estimate of drug-likeness (QED) is 0.418. The molecular weight excluding hydrogens is 561 g/mol. The van der Waals surface area contributed by atoms with Crippen LogP contribution in [0, 0.1) is 12.8 Å². The molecule has 42 heavy (non-hydrogen) atoms. The van der Waals surface area contributed by atoms with E-state index in [1.165, 1.54) is 22.5 Å². The third-order valence-electron chi connectivity index (χ3n) is 6.62. The number of hydroxylamine groups is 1. The molecule has 222 valence electrons. The number of aryl methyl sites for hydroxylation is 1. The number of piperidine rings is 1. The highest BCUT2D eigenvalue weighted by Gasteiger charge is 2.43. The minimum absolute atomic E-state index is 0.0165. The summed E-state index contributed by atoms with van der Waals surface area (Å²) in [5.74, 6) is -4.90. The Hall–Kier alpha value is -4.88. The van der Waals surface area contributed by atoms with Gasteiger partial charge in [0.1, 0.15) is 12.4 Å². The summed E-state index contributed by atoms with van der Waals surface area (Å²) in [7, 11) is 1.16. The topological polar surface area (TPSA) is 136 Å². The van der Waals surface area contributed by atoms with Gasteiger partial charge in [-0.25, -0.2) is 9.59 Å². The van der Waals surface area contributed by atoms with Crippen molar-refractivity contribution in [3.63, 3.8) is 0 Å². The Morgan fingerprint density at radius 1 is 1.07 bits per heavy atom. The zero-order valence-electron chi connectivity index (χ0n) is 22.6. The fourth-order valence-electron chi connectivity index (χ4n) is 4.57. The molecule has 2 heterocycles. The molecule has 0 bridgehead atoms. The number of alkyl halides is 3. The normalized spacial score (nSPS) is 16.8. The number of aromatic nitrogens is 1. The van der Waals surface area contributed by atoms with Gasteiger partial charge in [0.05, 0.1) is 24.6 Å². The molecule has 1 aliphatic heterocycles. The van der Waals surface area contributed by atoms with Crippen molar-refractivity contribution in [2.45, 2.75) is 32.2 Å². The fraction of sp³-hybridized carbons (Fsp3) is 0.321. The number of rotatable bonds is 6. The first-order valence-corrected chi connectivity index (χ1v) is 12.8. The number of amides is 3. The highest BCUT2D eigenvalue weighted by Crippen LogP contribution is 2.23. The van der Waals surface area contributed by atoms with Crippen molar-refractivity contribution in [2.24, 2.45) is 5.92 Å². The van der Waals surface area contributed by atoms with Crippen molar-refractivity contribution in [3.05, 3.63) is 71.4 Å². The second kappa shape index (κ2) is 12.7. The molecule has 1 aliphatic rings. The number of benzene rings is 2. The molecule has 2 atom stereocenters. The number of carbonyl (C=O) groups is 4. The molecule has 3 amide bonds. The second-order valence-corrected chi connectivity index (χ2v) is 9.50. The van der Waals surface area contributed by atoms with Crippen LogP contribution in [0.5, 0.6) is 5.75 Å². The number of para-hydroxylation sites is 1. The van der Waals surface area contributed by atoms with E-state index in [1.54, 1.807) is 12.1 Å². The predicted molar refractivity (Wildman–Crippen MR) is 141 cm³/mol. The molecule has 1 fully saturated rings. The Morgan fingerprint density at radius 2 is 1.79 bits per heavy atom. The van der Waals surface area contributed by atoms with Gasteiger partial charge in [-0.05, 0) is 49.7 Å². The summed E-state index contributed by atoms with van der Waals surface area (Å²) < 4.78 is 48.0. The van der Waals surface area contributed by atoms with E-state index in [0.717, 1.165) is 29.3 Å². The van der Waals surface area contributed by atoms with Crippen LogP contribution >= 0.6 is 0 Å². The summed E-state index contributed by atoms with van der Waals surface area (Å²) in [4.78, 5) is 58.2. The molecule has 0 aliphatic carbocycles. The van der Waals surface area contributed by atoms with Crippen LogP contribution < -0.4 is 15.5 Å². The summed E-state index contributed by atoms with van der Waals surface area (Å²) in [6, 6.07) is 14.8. The van der Waals surface area contributed by atoms with Crippen LogP contribution in [-0.4, -0.2) is 66.2 Å². The molecule has 1 saturated heterocycles. The van der Waals surface area contributed by atoms with Gasteiger partial charge < -0.3 is 24.5 Å². The largest absolute Gasteiger partial charge is 0.493 e. The third kappa shape index (κ3) is 7.25. The van der Waals surface area contributed by atoms with E-state index >= 15 is 0 Å². The molecule has 4 rings (SSSR count). The highest BCUT2D eigenvalue weighted by molar-refractivity contribution is 5.95. The number of nitrogens with zero attached hydrogens (tertiary/aromatic N) is 2. The number of fused-ring (bicyclic) bond motifs is 1. The van der Waals surface area contributed by atoms with Crippen molar-refractivity contribution in [3.8, 4) is 5.75 Å². The van der Waals surface area contributed by atoms with E-state index in [0.29, 0.717) is 5.75 Å². The lowest BCUT2D eigenvalue weighted by molar-refractivity contribution is -0.208. The smallest absolute Gasteiger partial charge is 0.489 e. The maximum atomic E-state index is 13.0. The summed E-state index contributed by atoms with van der Waals surface area (Å²) in [6.45, 7) is 1.99. The van der Waals surface area contributed by atoms with Gasteiger partial charge in [0.2, 0.25) is 0 Å². The summed E-state index contributed by atoms with van der Waals surface area (Å²) in [5.41, 5.74) is 4.33. The monoisotopic (exact) mass is 588 g/mol. The maximum absolute atomic E-state index is 13.0. The first-order valence-electron chi connectivity index (χ1n) is 12.8. The molecule has 11 nitrogen and oxygen atoms in total. The molecule has 2 aromatic carbocycles. The van der Waals surface area contributed by atoms with E-state index in [1.807, 2.05) is 37.3 Å². The molecule has 14 heteroatoms. The van der Waals surface area contributed by atoms with Gasteiger partial charge in [0, 0.05) is 35.3 Å². The van der Waals surface area contributed by atoms with Crippen molar-refractivity contribution < 1.29 is 46.7 Å². The molecule has 3 aromatic rings. The number of carbonyl (C=O) groups excluding carboxylic acids is 4. The second-order valence-electron chi connectivity index (χ2n) is 9.50. The average molecular weight is 589 g/mol. The number of ether oxygens (including phenoxy) is 2. The molecule has 2 N–H and O–H groups in total. The van der Waals surface area contributed by atoms with Gasteiger partial charge in [0.15, 0.2) is 0 Å². The number of methoxy groups -OCH3 is 1. The summed E-state index contributed by atoms with van der Waals surface area (Å²) >= 11 is 0. The zero-order valence-corrected chi connectivity index (χ0v) is 22.6. The van der Waals surface area contributed by atoms with Crippen molar-refractivity contribution in [2.75, 3.05) is 20.2 Å². The van der Waals surface area contributed by atoms with Crippen molar-refractivity contribution in [1.82, 2.24) is 20.7 Å². The first kappa shape index (κ1) is 30.1. The van der Waals surface area contributed by atoms with Gasteiger partial charge in [-0.15, -0.1) is 0 Å².